The fourth-order valence-electron chi connectivity index (χ4n) is 3.81. The lowest BCUT2D eigenvalue weighted by atomic mass is 10.1. The van der Waals surface area contributed by atoms with Gasteiger partial charge in [-0.2, -0.15) is 0 Å². The zero-order chi connectivity index (χ0) is 24.8. The second-order valence-electron chi connectivity index (χ2n) is 7.54. The molecule has 3 aromatic rings. The number of hydrogen-bond acceptors (Lipinski definition) is 8. The highest BCUT2D eigenvalue weighted by atomic mass is 32.2. The summed E-state index contributed by atoms with van der Waals surface area (Å²) in [6.45, 7) is 5.03. The van der Waals surface area contributed by atoms with Crippen molar-refractivity contribution in [3.63, 3.8) is 0 Å². The minimum Gasteiger partial charge on any atom is -0.490 e. The SMILES string of the molecule is CC.CSc1ccccc1C(NS(=O)(=O)c1ccc2c(c1)OCCCO2)C1Nc2cccnc2S1. The zero-order valence-electron chi connectivity index (χ0n) is 19.9. The topological polar surface area (TPSA) is 89.6 Å². The molecule has 5 rings (SSSR count). The number of hydrogen-bond donors (Lipinski definition) is 2. The summed E-state index contributed by atoms with van der Waals surface area (Å²) < 4.78 is 41.4. The summed E-state index contributed by atoms with van der Waals surface area (Å²) in [5.41, 5.74) is 1.80. The molecule has 2 aliphatic heterocycles. The van der Waals surface area contributed by atoms with Gasteiger partial charge in [0.15, 0.2) is 11.5 Å². The predicted molar refractivity (Wildman–Crippen MR) is 142 cm³/mol. The molecule has 0 amide bonds. The zero-order valence-corrected chi connectivity index (χ0v) is 22.3. The molecule has 2 aliphatic rings. The van der Waals surface area contributed by atoms with Crippen LogP contribution < -0.4 is 19.5 Å². The van der Waals surface area contributed by atoms with Gasteiger partial charge in [0.2, 0.25) is 10.0 Å². The molecule has 2 aromatic carbocycles. The molecule has 7 nitrogen and oxygen atoms in total. The smallest absolute Gasteiger partial charge is 0.241 e. The Hall–Kier alpha value is -2.40. The lowest BCUT2D eigenvalue weighted by molar-refractivity contribution is 0.297. The van der Waals surface area contributed by atoms with E-state index in [0.717, 1.165) is 27.6 Å². The molecule has 2 atom stereocenters. The van der Waals surface area contributed by atoms with Gasteiger partial charge in [0.1, 0.15) is 5.03 Å². The highest BCUT2D eigenvalue weighted by molar-refractivity contribution is 8.00. The fourth-order valence-corrected chi connectivity index (χ4v) is 6.93. The van der Waals surface area contributed by atoms with Crippen molar-refractivity contribution in [2.75, 3.05) is 24.8 Å². The Labute approximate surface area is 215 Å². The van der Waals surface area contributed by atoms with Crippen LogP contribution in [0.1, 0.15) is 31.9 Å². The van der Waals surface area contributed by atoms with Crippen molar-refractivity contribution >= 4 is 39.2 Å². The van der Waals surface area contributed by atoms with Gasteiger partial charge in [-0.3, -0.25) is 0 Å². The molecule has 2 unspecified atom stereocenters. The van der Waals surface area contributed by atoms with Gasteiger partial charge in [-0.15, -0.1) is 11.8 Å². The van der Waals surface area contributed by atoms with E-state index in [1.807, 2.05) is 56.5 Å². The molecule has 2 N–H and O–H groups in total. The van der Waals surface area contributed by atoms with Gasteiger partial charge < -0.3 is 14.8 Å². The molecule has 0 bridgehead atoms. The summed E-state index contributed by atoms with van der Waals surface area (Å²) in [6.07, 6.45) is 4.48. The summed E-state index contributed by atoms with van der Waals surface area (Å²) >= 11 is 3.10. The monoisotopic (exact) mass is 531 g/mol. The molecule has 0 saturated carbocycles. The Kier molecular flexibility index (Phi) is 8.48. The normalized spacial score (nSPS) is 17.3. The van der Waals surface area contributed by atoms with Crippen LogP contribution in [-0.4, -0.2) is 38.2 Å². The molecular weight excluding hydrogens is 502 g/mol. The van der Waals surface area contributed by atoms with Crippen molar-refractivity contribution in [1.82, 2.24) is 9.71 Å². The number of pyridine rings is 1. The molecular formula is C25H29N3O4S3. The van der Waals surface area contributed by atoms with Crippen LogP contribution in [0.3, 0.4) is 0 Å². The Morgan fingerprint density at radius 3 is 2.63 bits per heavy atom. The number of ether oxygens (including phenoxy) is 2. The standard InChI is InChI=1S/C23H23N3O4S3.C2H6/c1-31-20-8-3-2-6-16(20)21(23-25-17-7-4-11-24-22(17)32-23)26-33(27,28)15-9-10-18-19(14-15)30-13-5-12-29-18;1-2/h2-4,6-11,14,21,23,25-26H,5,12-13H2,1H3;1-2H3. The largest absolute Gasteiger partial charge is 0.490 e. The first-order valence-electron chi connectivity index (χ1n) is 11.5. The highest BCUT2D eigenvalue weighted by Gasteiger charge is 2.35. The van der Waals surface area contributed by atoms with Crippen LogP contribution in [0.4, 0.5) is 5.69 Å². The lowest BCUT2D eigenvalue weighted by Gasteiger charge is -2.26. The summed E-state index contributed by atoms with van der Waals surface area (Å²) in [5.74, 6) is 1.01. The summed E-state index contributed by atoms with van der Waals surface area (Å²) in [4.78, 5) is 5.57. The number of fused-ring (bicyclic) bond motifs is 2. The third-order valence-corrected chi connectivity index (χ3v) is 8.84. The number of anilines is 1. The van der Waals surface area contributed by atoms with Gasteiger partial charge in [0.25, 0.3) is 0 Å². The molecule has 10 heteroatoms. The van der Waals surface area contributed by atoms with E-state index in [1.54, 1.807) is 30.1 Å². The average Bonchev–Trinajstić information content (AvgIpc) is 3.18. The van der Waals surface area contributed by atoms with Crippen molar-refractivity contribution in [2.45, 2.75) is 46.5 Å². The molecule has 0 radical (unpaired) electrons. The van der Waals surface area contributed by atoms with E-state index in [2.05, 4.69) is 15.0 Å². The molecule has 1 aromatic heterocycles. The summed E-state index contributed by atoms with van der Waals surface area (Å²) in [6, 6.07) is 15.9. The van der Waals surface area contributed by atoms with Crippen molar-refractivity contribution in [3.05, 3.63) is 66.4 Å². The number of nitrogens with zero attached hydrogens (tertiary/aromatic N) is 1. The maximum absolute atomic E-state index is 13.5. The van der Waals surface area contributed by atoms with Crippen molar-refractivity contribution < 1.29 is 17.9 Å². The maximum Gasteiger partial charge on any atom is 0.241 e. The highest BCUT2D eigenvalue weighted by Crippen LogP contribution is 2.44. The minimum absolute atomic E-state index is 0.136. The average molecular weight is 532 g/mol. The molecule has 186 valence electrons. The minimum atomic E-state index is -3.87. The number of benzene rings is 2. The van der Waals surface area contributed by atoms with Crippen LogP contribution >= 0.6 is 23.5 Å². The molecule has 0 fully saturated rings. The van der Waals surface area contributed by atoms with Crippen LogP contribution in [0.25, 0.3) is 0 Å². The van der Waals surface area contributed by atoms with Gasteiger partial charge >= 0.3 is 0 Å². The number of nitrogens with one attached hydrogen (secondary N) is 2. The van der Waals surface area contributed by atoms with Crippen LogP contribution in [0.2, 0.25) is 0 Å². The Bertz CT molecular complexity index is 1250. The third kappa shape index (κ3) is 5.72. The van der Waals surface area contributed by atoms with Crippen LogP contribution in [-0.2, 0) is 10.0 Å². The number of sulfonamides is 1. The van der Waals surface area contributed by atoms with Crippen LogP contribution in [0.5, 0.6) is 11.5 Å². The van der Waals surface area contributed by atoms with Gasteiger partial charge in [-0.25, -0.2) is 18.1 Å². The Morgan fingerprint density at radius 1 is 1.09 bits per heavy atom. The van der Waals surface area contributed by atoms with Gasteiger partial charge in [0, 0.05) is 23.6 Å². The molecule has 35 heavy (non-hydrogen) atoms. The fraction of sp³-hybridized carbons (Fsp3) is 0.320. The first kappa shape index (κ1) is 25.7. The van der Waals surface area contributed by atoms with Gasteiger partial charge in [-0.05, 0) is 42.2 Å². The molecule has 0 saturated heterocycles. The molecule has 0 spiro atoms. The van der Waals surface area contributed by atoms with Gasteiger partial charge in [0.05, 0.1) is 35.2 Å². The van der Waals surface area contributed by atoms with Crippen molar-refractivity contribution in [3.8, 4) is 11.5 Å². The second kappa shape index (κ2) is 11.6. The predicted octanol–water partition coefficient (Wildman–Crippen LogP) is 5.55. The van der Waals surface area contributed by atoms with E-state index < -0.39 is 16.1 Å². The van der Waals surface area contributed by atoms with E-state index in [-0.39, 0.29) is 10.3 Å². The third-order valence-electron chi connectivity index (χ3n) is 5.40. The van der Waals surface area contributed by atoms with E-state index in [9.17, 15) is 8.42 Å². The van der Waals surface area contributed by atoms with Crippen LogP contribution in [0, 0.1) is 0 Å². The number of rotatable bonds is 6. The van der Waals surface area contributed by atoms with Crippen molar-refractivity contribution in [1.29, 1.82) is 0 Å². The summed E-state index contributed by atoms with van der Waals surface area (Å²) in [5, 5.41) is 4.02. The first-order chi connectivity index (χ1) is 17.0. The van der Waals surface area contributed by atoms with E-state index in [1.165, 1.54) is 17.8 Å². The molecule has 0 aliphatic carbocycles. The van der Waals surface area contributed by atoms with Gasteiger partial charge in [-0.1, -0.05) is 43.8 Å². The Balaban J connectivity index is 0.00000141. The lowest BCUT2D eigenvalue weighted by Crippen LogP contribution is -2.37. The second-order valence-corrected chi connectivity index (χ2v) is 11.2. The van der Waals surface area contributed by atoms with E-state index in [4.69, 9.17) is 9.47 Å². The number of aromatic nitrogens is 1. The molecule has 3 heterocycles. The Morgan fingerprint density at radius 2 is 1.86 bits per heavy atom. The number of thioether (sulfide) groups is 2. The maximum atomic E-state index is 13.5. The van der Waals surface area contributed by atoms with Crippen LogP contribution in [0.15, 0.2) is 75.6 Å². The quantitative estimate of drug-likeness (QED) is 0.400. The van der Waals surface area contributed by atoms with E-state index >= 15 is 0 Å². The van der Waals surface area contributed by atoms with Crippen molar-refractivity contribution in [2.24, 2.45) is 0 Å². The van der Waals surface area contributed by atoms with E-state index in [0.29, 0.717) is 24.7 Å². The first-order valence-corrected chi connectivity index (χ1v) is 15.1. The summed E-state index contributed by atoms with van der Waals surface area (Å²) in [7, 11) is -3.87.